The van der Waals surface area contributed by atoms with Crippen LogP contribution in [0.5, 0.6) is 0 Å². The van der Waals surface area contributed by atoms with Gasteiger partial charge in [0, 0.05) is 68.1 Å². The van der Waals surface area contributed by atoms with E-state index in [4.69, 9.17) is 26.3 Å². The molecule has 7 heteroatoms. The molecule has 4 rings (SSSR count). The Morgan fingerprint density at radius 2 is 1.79 bits per heavy atom. The minimum absolute atomic E-state index is 0.357. The van der Waals surface area contributed by atoms with Gasteiger partial charge in [-0.15, -0.1) is 0 Å². The number of rotatable bonds is 8. The van der Waals surface area contributed by atoms with E-state index in [-0.39, 0.29) is 0 Å². The summed E-state index contributed by atoms with van der Waals surface area (Å²) in [6, 6.07) is 18.1. The minimum Gasteiger partial charge on any atom is -0.389 e. The molecule has 1 atom stereocenters. The van der Waals surface area contributed by atoms with E-state index < -0.39 is 6.10 Å². The van der Waals surface area contributed by atoms with E-state index in [0.29, 0.717) is 13.2 Å². The summed E-state index contributed by atoms with van der Waals surface area (Å²) in [5, 5.41) is 10.8. The van der Waals surface area contributed by atoms with Crippen LogP contribution in [0, 0.1) is 6.92 Å². The third-order valence-electron chi connectivity index (χ3n) is 5.99. The Kier molecular flexibility index (Phi) is 7.93. The van der Waals surface area contributed by atoms with E-state index in [0.717, 1.165) is 71.6 Å². The van der Waals surface area contributed by atoms with E-state index in [9.17, 15) is 5.11 Å². The Bertz CT molecular complexity index is 1060. The lowest BCUT2D eigenvalue weighted by molar-refractivity contribution is 0.0365. The molecule has 6 nitrogen and oxygen atoms in total. The number of piperazine rings is 1. The predicted octanol–water partition coefficient (Wildman–Crippen LogP) is 3.83. The Balaban J connectivity index is 1.62. The molecule has 1 aliphatic rings. The van der Waals surface area contributed by atoms with Crippen molar-refractivity contribution in [2.45, 2.75) is 19.4 Å². The van der Waals surface area contributed by atoms with Gasteiger partial charge in [-0.3, -0.25) is 4.90 Å². The van der Waals surface area contributed by atoms with Crippen molar-refractivity contribution < 1.29 is 9.84 Å². The van der Waals surface area contributed by atoms with E-state index >= 15 is 0 Å². The van der Waals surface area contributed by atoms with Crippen LogP contribution in [-0.4, -0.2) is 72.5 Å². The highest BCUT2D eigenvalue weighted by atomic mass is 35.5. The third kappa shape index (κ3) is 6.09. The Morgan fingerprint density at radius 3 is 2.48 bits per heavy atom. The summed E-state index contributed by atoms with van der Waals surface area (Å²) in [5.74, 6) is 1.73. The molecule has 33 heavy (non-hydrogen) atoms. The number of benzene rings is 2. The Morgan fingerprint density at radius 1 is 1.03 bits per heavy atom. The summed E-state index contributed by atoms with van der Waals surface area (Å²) in [6.07, 6.45) is 0.259. The molecule has 174 valence electrons. The molecule has 0 aliphatic carbocycles. The molecule has 0 bridgehead atoms. The molecular weight excluding hydrogens is 436 g/mol. The number of hydrogen-bond acceptors (Lipinski definition) is 6. The van der Waals surface area contributed by atoms with Crippen molar-refractivity contribution in [3.05, 3.63) is 76.4 Å². The van der Waals surface area contributed by atoms with Crippen molar-refractivity contribution in [1.82, 2.24) is 14.9 Å². The summed E-state index contributed by atoms with van der Waals surface area (Å²) in [5.41, 5.74) is 4.27. The first-order chi connectivity index (χ1) is 16.0. The largest absolute Gasteiger partial charge is 0.389 e. The number of methoxy groups -OCH3 is 1. The lowest BCUT2D eigenvalue weighted by atomic mass is 10.0. The number of aliphatic hydroxyl groups is 1. The zero-order valence-electron chi connectivity index (χ0n) is 19.2. The zero-order valence-corrected chi connectivity index (χ0v) is 20.0. The monoisotopic (exact) mass is 466 g/mol. The summed E-state index contributed by atoms with van der Waals surface area (Å²) >= 11 is 6.25. The van der Waals surface area contributed by atoms with Crippen LogP contribution in [-0.2, 0) is 11.2 Å². The summed E-state index contributed by atoms with van der Waals surface area (Å²) in [7, 11) is 1.62. The van der Waals surface area contributed by atoms with Gasteiger partial charge in [0.25, 0.3) is 0 Å². The first-order valence-corrected chi connectivity index (χ1v) is 11.7. The molecule has 0 saturated carbocycles. The van der Waals surface area contributed by atoms with Crippen LogP contribution in [0.15, 0.2) is 54.6 Å². The average molecular weight is 467 g/mol. The van der Waals surface area contributed by atoms with Gasteiger partial charge in [0.1, 0.15) is 5.82 Å². The molecular formula is C26H31ClN4O2. The molecule has 1 unspecified atom stereocenters. The van der Waals surface area contributed by atoms with Crippen molar-refractivity contribution in [2.75, 3.05) is 51.3 Å². The van der Waals surface area contributed by atoms with Crippen LogP contribution >= 0.6 is 11.6 Å². The second kappa shape index (κ2) is 11.1. The summed E-state index contributed by atoms with van der Waals surface area (Å²) < 4.78 is 5.07. The van der Waals surface area contributed by atoms with Crippen LogP contribution < -0.4 is 4.90 Å². The van der Waals surface area contributed by atoms with E-state index in [2.05, 4.69) is 22.8 Å². The summed E-state index contributed by atoms with van der Waals surface area (Å²) in [4.78, 5) is 14.5. The zero-order chi connectivity index (χ0) is 23.2. The van der Waals surface area contributed by atoms with Gasteiger partial charge >= 0.3 is 0 Å². The summed E-state index contributed by atoms with van der Waals surface area (Å²) in [6.45, 7) is 6.45. The van der Waals surface area contributed by atoms with Crippen molar-refractivity contribution in [1.29, 1.82) is 0 Å². The minimum atomic E-state index is -0.467. The smallest absolute Gasteiger partial charge is 0.161 e. The average Bonchev–Trinajstić information content (AvgIpc) is 2.81. The molecule has 0 amide bonds. The maximum absolute atomic E-state index is 10.1. The Hall–Kier alpha value is -2.51. The standard InChI is InChI=1S/C26H31ClN4O2/c1-19-24(16-20-7-6-10-22(27)15-20)26(29-25(28-19)21-8-4-3-5-9-21)31-13-11-30(12-14-31)17-23(32)18-33-2/h3-10,15,23,32H,11-14,16-18H2,1-2H3. The molecule has 1 aliphatic heterocycles. The highest BCUT2D eigenvalue weighted by molar-refractivity contribution is 6.30. The molecule has 2 heterocycles. The van der Waals surface area contributed by atoms with Crippen molar-refractivity contribution in [2.24, 2.45) is 0 Å². The first kappa shape index (κ1) is 23.6. The molecule has 1 fully saturated rings. The van der Waals surface area contributed by atoms with Crippen LogP contribution in [0.3, 0.4) is 0 Å². The molecule has 1 aromatic heterocycles. The lowest BCUT2D eigenvalue weighted by Crippen LogP contribution is -2.49. The number of aryl methyl sites for hydroxylation is 1. The number of hydrogen-bond donors (Lipinski definition) is 1. The second-order valence-corrected chi connectivity index (χ2v) is 8.94. The fraction of sp³-hybridized carbons (Fsp3) is 0.385. The normalized spacial score (nSPS) is 15.6. The maximum atomic E-state index is 10.1. The molecule has 2 aromatic carbocycles. The van der Waals surface area contributed by atoms with Crippen LogP contribution in [0.25, 0.3) is 11.4 Å². The van der Waals surface area contributed by atoms with Gasteiger partial charge in [-0.25, -0.2) is 9.97 Å². The van der Waals surface area contributed by atoms with Crippen molar-refractivity contribution in [3.63, 3.8) is 0 Å². The lowest BCUT2D eigenvalue weighted by Gasteiger charge is -2.37. The van der Waals surface area contributed by atoms with E-state index in [1.54, 1.807) is 7.11 Å². The molecule has 0 radical (unpaired) electrons. The molecule has 0 spiro atoms. The van der Waals surface area contributed by atoms with Gasteiger partial charge in [0.2, 0.25) is 0 Å². The fourth-order valence-electron chi connectivity index (χ4n) is 4.30. The highest BCUT2D eigenvalue weighted by Gasteiger charge is 2.24. The van der Waals surface area contributed by atoms with Crippen LogP contribution in [0.1, 0.15) is 16.8 Å². The van der Waals surface area contributed by atoms with Crippen molar-refractivity contribution >= 4 is 17.4 Å². The van der Waals surface area contributed by atoms with Gasteiger partial charge in [-0.2, -0.15) is 0 Å². The molecule has 3 aromatic rings. The first-order valence-electron chi connectivity index (χ1n) is 11.3. The van der Waals surface area contributed by atoms with Gasteiger partial charge in [-0.05, 0) is 24.6 Å². The number of aromatic nitrogens is 2. The molecule has 1 saturated heterocycles. The number of aliphatic hydroxyl groups excluding tert-OH is 1. The third-order valence-corrected chi connectivity index (χ3v) is 6.23. The van der Waals surface area contributed by atoms with E-state index in [1.165, 1.54) is 0 Å². The number of ether oxygens (including phenoxy) is 1. The molecule has 1 N–H and O–H groups in total. The van der Waals surface area contributed by atoms with Gasteiger partial charge < -0.3 is 14.7 Å². The second-order valence-electron chi connectivity index (χ2n) is 8.50. The Labute approximate surface area is 200 Å². The predicted molar refractivity (Wildman–Crippen MR) is 133 cm³/mol. The topological polar surface area (TPSA) is 61.7 Å². The maximum Gasteiger partial charge on any atom is 0.161 e. The van der Waals surface area contributed by atoms with Crippen molar-refractivity contribution in [3.8, 4) is 11.4 Å². The number of β-amino-alcohol motifs (C(OH)–C–C–N with tert-alkyl or cyclic N) is 1. The number of anilines is 1. The van der Waals surface area contributed by atoms with Gasteiger partial charge in [0.15, 0.2) is 5.82 Å². The number of halogens is 1. The van der Waals surface area contributed by atoms with Crippen LogP contribution in [0.4, 0.5) is 5.82 Å². The number of nitrogens with zero attached hydrogens (tertiary/aromatic N) is 4. The quantitative estimate of drug-likeness (QED) is 0.544. The van der Waals surface area contributed by atoms with Gasteiger partial charge in [0.05, 0.1) is 12.7 Å². The SMILES string of the molecule is COCC(O)CN1CCN(c2nc(-c3ccccc3)nc(C)c2Cc2cccc(Cl)c2)CC1. The fourth-order valence-corrected chi connectivity index (χ4v) is 4.52. The van der Waals surface area contributed by atoms with Gasteiger partial charge in [-0.1, -0.05) is 54.1 Å². The van der Waals surface area contributed by atoms with E-state index in [1.807, 2.05) is 48.5 Å². The van der Waals surface area contributed by atoms with Crippen LogP contribution in [0.2, 0.25) is 5.02 Å². The highest BCUT2D eigenvalue weighted by Crippen LogP contribution is 2.29.